The first kappa shape index (κ1) is 14.8. The zero-order valence-corrected chi connectivity index (χ0v) is 12.3. The van der Waals surface area contributed by atoms with Gasteiger partial charge in [0.05, 0.1) is 13.2 Å². The van der Waals surface area contributed by atoms with E-state index in [0.29, 0.717) is 6.04 Å². The van der Waals surface area contributed by atoms with Gasteiger partial charge in [0, 0.05) is 29.8 Å². The fraction of sp³-hybridized carbons (Fsp3) is 0.571. The number of hydrogen-bond acceptors (Lipinski definition) is 5. The van der Waals surface area contributed by atoms with Gasteiger partial charge in [0.2, 0.25) is 0 Å². The highest BCUT2D eigenvalue weighted by atomic mass is 32.2. The normalized spacial score (nSPS) is 18.4. The summed E-state index contributed by atoms with van der Waals surface area (Å²) in [5.41, 5.74) is 6.71. The maximum atomic E-state index is 5.32. The standard InChI is InChI=1S/C14H23N3OS/c1-2-13(12-19-14-6-4-3-5-7-14)15-16-17-8-10-18-11-9-17/h3-7,13,15-16H,2,8-12H2,1H3. The van der Waals surface area contributed by atoms with Gasteiger partial charge in [-0.3, -0.25) is 0 Å². The monoisotopic (exact) mass is 281 g/mol. The summed E-state index contributed by atoms with van der Waals surface area (Å²) in [7, 11) is 0. The minimum absolute atomic E-state index is 0.466. The summed E-state index contributed by atoms with van der Waals surface area (Å²) in [5.74, 6) is 1.07. The summed E-state index contributed by atoms with van der Waals surface area (Å²) in [5, 5.41) is 2.18. The van der Waals surface area contributed by atoms with E-state index in [2.05, 4.69) is 53.2 Å². The van der Waals surface area contributed by atoms with Crippen molar-refractivity contribution in [3.05, 3.63) is 30.3 Å². The Kier molecular flexibility index (Phi) is 6.67. The van der Waals surface area contributed by atoms with Crippen LogP contribution in [0.25, 0.3) is 0 Å². The second-order valence-corrected chi connectivity index (χ2v) is 5.68. The van der Waals surface area contributed by atoms with E-state index in [-0.39, 0.29) is 0 Å². The minimum atomic E-state index is 0.466. The zero-order chi connectivity index (χ0) is 13.3. The van der Waals surface area contributed by atoms with E-state index in [1.54, 1.807) is 0 Å². The molecule has 0 radical (unpaired) electrons. The van der Waals surface area contributed by atoms with Crippen LogP contribution in [0.3, 0.4) is 0 Å². The van der Waals surface area contributed by atoms with Gasteiger partial charge in [-0.25, -0.2) is 10.4 Å². The molecule has 1 aromatic carbocycles. The van der Waals surface area contributed by atoms with Crippen LogP contribution in [0.1, 0.15) is 13.3 Å². The molecule has 5 heteroatoms. The Morgan fingerprint density at radius 3 is 2.68 bits per heavy atom. The summed E-state index contributed by atoms with van der Waals surface area (Å²) in [6.45, 7) is 5.71. The lowest BCUT2D eigenvalue weighted by Crippen LogP contribution is -2.55. The van der Waals surface area contributed by atoms with Crippen LogP contribution in [0.5, 0.6) is 0 Å². The number of benzene rings is 1. The van der Waals surface area contributed by atoms with Gasteiger partial charge in [-0.05, 0) is 18.6 Å². The van der Waals surface area contributed by atoms with Gasteiger partial charge in [-0.2, -0.15) is 5.53 Å². The van der Waals surface area contributed by atoms with Crippen LogP contribution in [0, 0.1) is 0 Å². The molecule has 1 fully saturated rings. The second-order valence-electron chi connectivity index (χ2n) is 4.58. The van der Waals surface area contributed by atoms with Gasteiger partial charge in [0.25, 0.3) is 0 Å². The fourth-order valence-electron chi connectivity index (χ4n) is 1.83. The van der Waals surface area contributed by atoms with Crippen molar-refractivity contribution in [2.75, 3.05) is 32.1 Å². The lowest BCUT2D eigenvalue weighted by molar-refractivity contribution is -0.00117. The van der Waals surface area contributed by atoms with E-state index in [0.717, 1.165) is 38.5 Å². The third kappa shape index (κ3) is 5.50. The highest BCUT2D eigenvalue weighted by Crippen LogP contribution is 2.18. The van der Waals surface area contributed by atoms with E-state index < -0.39 is 0 Å². The van der Waals surface area contributed by atoms with Crippen molar-refractivity contribution < 1.29 is 4.74 Å². The quantitative estimate of drug-likeness (QED) is 0.590. The Morgan fingerprint density at radius 1 is 1.26 bits per heavy atom. The minimum Gasteiger partial charge on any atom is -0.379 e. The summed E-state index contributed by atoms with van der Waals surface area (Å²) < 4.78 is 5.32. The molecular formula is C14H23N3OS. The van der Waals surface area contributed by atoms with Gasteiger partial charge in [-0.15, -0.1) is 11.8 Å². The van der Waals surface area contributed by atoms with E-state index in [9.17, 15) is 0 Å². The molecule has 0 aliphatic carbocycles. The van der Waals surface area contributed by atoms with Crippen molar-refractivity contribution in [3.8, 4) is 0 Å². The topological polar surface area (TPSA) is 36.5 Å². The third-order valence-corrected chi connectivity index (χ3v) is 4.30. The van der Waals surface area contributed by atoms with Crippen LogP contribution in [0.15, 0.2) is 35.2 Å². The van der Waals surface area contributed by atoms with Crippen LogP contribution in [-0.2, 0) is 4.74 Å². The number of nitrogens with zero attached hydrogens (tertiary/aromatic N) is 1. The Labute approximate surface area is 119 Å². The third-order valence-electron chi connectivity index (χ3n) is 3.13. The predicted octanol–water partition coefficient (Wildman–Crippen LogP) is 1.90. The SMILES string of the molecule is CCC(CSc1ccccc1)NNN1CCOCC1. The molecule has 1 saturated heterocycles. The van der Waals surface area contributed by atoms with Gasteiger partial charge in [0.15, 0.2) is 0 Å². The molecule has 1 heterocycles. The average molecular weight is 281 g/mol. The summed E-state index contributed by atoms with van der Waals surface area (Å²) in [4.78, 5) is 1.33. The zero-order valence-electron chi connectivity index (χ0n) is 11.5. The maximum absolute atomic E-state index is 5.32. The molecule has 2 N–H and O–H groups in total. The first-order valence-electron chi connectivity index (χ1n) is 6.90. The van der Waals surface area contributed by atoms with Crippen LogP contribution in [0.2, 0.25) is 0 Å². The molecule has 1 aromatic rings. The van der Waals surface area contributed by atoms with Gasteiger partial charge >= 0.3 is 0 Å². The Bertz CT molecular complexity index is 344. The molecule has 0 amide bonds. The van der Waals surface area contributed by atoms with E-state index >= 15 is 0 Å². The van der Waals surface area contributed by atoms with Crippen molar-refractivity contribution in [2.24, 2.45) is 0 Å². The molecule has 0 aromatic heterocycles. The second kappa shape index (κ2) is 8.55. The smallest absolute Gasteiger partial charge is 0.0608 e. The average Bonchev–Trinajstić information content (AvgIpc) is 2.49. The number of hydrazine groups is 2. The highest BCUT2D eigenvalue weighted by Gasteiger charge is 2.12. The summed E-state index contributed by atoms with van der Waals surface area (Å²) >= 11 is 1.89. The van der Waals surface area contributed by atoms with E-state index in [4.69, 9.17) is 4.74 Å². The van der Waals surface area contributed by atoms with Crippen molar-refractivity contribution in [3.63, 3.8) is 0 Å². The molecule has 2 rings (SSSR count). The molecular weight excluding hydrogens is 258 g/mol. The molecule has 1 aliphatic heterocycles. The van der Waals surface area contributed by atoms with Crippen LogP contribution in [-0.4, -0.2) is 43.1 Å². The molecule has 19 heavy (non-hydrogen) atoms. The van der Waals surface area contributed by atoms with E-state index in [1.807, 2.05) is 11.8 Å². The molecule has 1 unspecified atom stereocenters. The van der Waals surface area contributed by atoms with Crippen molar-refractivity contribution in [1.82, 2.24) is 16.0 Å². The first-order valence-corrected chi connectivity index (χ1v) is 7.88. The molecule has 0 saturated carbocycles. The highest BCUT2D eigenvalue weighted by molar-refractivity contribution is 7.99. The van der Waals surface area contributed by atoms with Crippen LogP contribution >= 0.6 is 11.8 Å². The van der Waals surface area contributed by atoms with Gasteiger partial charge in [0.1, 0.15) is 0 Å². The number of rotatable bonds is 7. The number of morpholine rings is 1. The molecule has 1 atom stereocenters. The molecule has 1 aliphatic rings. The van der Waals surface area contributed by atoms with Gasteiger partial charge < -0.3 is 4.74 Å². The van der Waals surface area contributed by atoms with Crippen molar-refractivity contribution >= 4 is 11.8 Å². The van der Waals surface area contributed by atoms with Gasteiger partial charge in [-0.1, -0.05) is 25.1 Å². The molecule has 4 nitrogen and oxygen atoms in total. The fourth-order valence-corrected chi connectivity index (χ4v) is 2.90. The number of hydrogen-bond donors (Lipinski definition) is 2. The largest absolute Gasteiger partial charge is 0.379 e. The van der Waals surface area contributed by atoms with Crippen molar-refractivity contribution in [1.29, 1.82) is 0 Å². The maximum Gasteiger partial charge on any atom is 0.0608 e. The molecule has 0 bridgehead atoms. The van der Waals surface area contributed by atoms with Crippen LogP contribution < -0.4 is 11.0 Å². The Hall–Kier alpha value is -0.590. The molecule has 0 spiro atoms. The summed E-state index contributed by atoms with van der Waals surface area (Å²) in [6.07, 6.45) is 1.11. The first-order chi connectivity index (χ1) is 9.38. The Balaban J connectivity index is 1.67. The number of ether oxygens (including phenoxy) is 1. The predicted molar refractivity (Wildman–Crippen MR) is 79.9 cm³/mol. The number of thioether (sulfide) groups is 1. The summed E-state index contributed by atoms with van der Waals surface area (Å²) in [6, 6.07) is 11.0. The van der Waals surface area contributed by atoms with Crippen molar-refractivity contribution in [2.45, 2.75) is 24.3 Å². The Morgan fingerprint density at radius 2 is 2.00 bits per heavy atom. The van der Waals surface area contributed by atoms with Crippen LogP contribution in [0.4, 0.5) is 0 Å². The lowest BCUT2D eigenvalue weighted by atomic mass is 10.3. The number of nitrogens with one attached hydrogen (secondary N) is 2. The van der Waals surface area contributed by atoms with E-state index in [1.165, 1.54) is 4.90 Å². The molecule has 106 valence electrons. The lowest BCUT2D eigenvalue weighted by Gasteiger charge is -2.29.